The number of hydrazine groups is 1. The van der Waals surface area contributed by atoms with E-state index in [9.17, 15) is 24.0 Å². The number of carbonyl (C=O) groups excluding carboxylic acids is 5. The molecule has 6 heterocycles. The summed E-state index contributed by atoms with van der Waals surface area (Å²) in [5.74, 6) is -4.14. The average Bonchev–Trinajstić information content (AvgIpc) is 3.96. The summed E-state index contributed by atoms with van der Waals surface area (Å²) in [6.45, 7) is 18.4. The number of rotatable bonds is 12. The van der Waals surface area contributed by atoms with Gasteiger partial charge in [0.1, 0.15) is 18.1 Å². The number of alkyl halides is 3. The number of methoxy groups -OCH3 is 1. The van der Waals surface area contributed by atoms with Gasteiger partial charge in [-0.3, -0.25) is 34.0 Å². The molecule has 8 rings (SSSR count). The van der Waals surface area contributed by atoms with E-state index in [2.05, 4.69) is 45.1 Å². The number of hydrogen-bond acceptors (Lipinski definition) is 11. The predicted molar refractivity (Wildman–Crippen MR) is 280 cm³/mol. The largest absolute Gasteiger partial charge is 0.464 e. The second-order valence-corrected chi connectivity index (χ2v) is 21.6. The number of carbonyl (C=O) groups is 5. The van der Waals surface area contributed by atoms with Gasteiger partial charge in [0.2, 0.25) is 17.5 Å². The highest BCUT2D eigenvalue weighted by Crippen LogP contribution is 2.43. The monoisotopic (exact) mass is 1040 g/mol. The van der Waals surface area contributed by atoms with E-state index in [1.807, 2.05) is 45.2 Å². The van der Waals surface area contributed by atoms with Crippen LogP contribution in [0.5, 0.6) is 0 Å². The zero-order valence-corrected chi connectivity index (χ0v) is 44.4. The molecule has 19 heteroatoms. The maximum atomic E-state index is 16.4. The first kappa shape index (κ1) is 54.9. The number of nitrogens with one attached hydrogen (secondary N) is 3. The van der Waals surface area contributed by atoms with E-state index >= 15 is 13.2 Å². The number of piperazine rings is 1. The molecule has 0 unspecified atom stereocenters. The van der Waals surface area contributed by atoms with E-state index in [0.29, 0.717) is 42.5 Å². The highest BCUT2D eigenvalue weighted by molar-refractivity contribution is 5.97. The van der Waals surface area contributed by atoms with Crippen LogP contribution in [0.3, 0.4) is 0 Å². The lowest BCUT2D eigenvalue weighted by atomic mass is 9.84. The third-order valence-corrected chi connectivity index (χ3v) is 15.2. The lowest BCUT2D eigenvalue weighted by Gasteiger charge is -2.37. The smallest absolute Gasteiger partial charge is 0.324 e. The minimum absolute atomic E-state index is 0.0142. The number of pyridine rings is 1. The van der Waals surface area contributed by atoms with E-state index in [1.54, 1.807) is 27.0 Å². The first-order valence-electron chi connectivity index (χ1n) is 26.2. The van der Waals surface area contributed by atoms with E-state index in [4.69, 9.17) is 14.5 Å². The summed E-state index contributed by atoms with van der Waals surface area (Å²) in [5.41, 5.74) is 6.39. The summed E-state index contributed by atoms with van der Waals surface area (Å²) in [7, 11) is 2.96. The van der Waals surface area contributed by atoms with Crippen LogP contribution in [0.2, 0.25) is 0 Å². The Morgan fingerprint density at radius 2 is 1.79 bits per heavy atom. The van der Waals surface area contributed by atoms with Gasteiger partial charge in [0.25, 0.3) is 18.2 Å². The van der Waals surface area contributed by atoms with Gasteiger partial charge in [-0.2, -0.15) is 0 Å². The summed E-state index contributed by atoms with van der Waals surface area (Å²) < 4.78 is 61.1. The Morgan fingerprint density at radius 3 is 2.47 bits per heavy atom. The molecular weight excluding hydrogens is 968 g/mol. The molecule has 0 spiro atoms. The number of amides is 4. The highest BCUT2D eigenvalue weighted by atomic mass is 19.3. The summed E-state index contributed by atoms with van der Waals surface area (Å²) >= 11 is 0. The molecular formula is C56H72F3N9O7. The van der Waals surface area contributed by atoms with Crippen molar-refractivity contribution < 1.29 is 46.6 Å². The van der Waals surface area contributed by atoms with Gasteiger partial charge in [-0.05, 0) is 91.6 Å². The Bertz CT molecular complexity index is 2830. The van der Waals surface area contributed by atoms with Gasteiger partial charge < -0.3 is 39.4 Å². The summed E-state index contributed by atoms with van der Waals surface area (Å²) in [6, 6.07) is 8.92. The maximum Gasteiger partial charge on any atom is 0.324 e. The van der Waals surface area contributed by atoms with Gasteiger partial charge in [-0.1, -0.05) is 52.5 Å². The van der Waals surface area contributed by atoms with E-state index < -0.39 is 77.7 Å². The van der Waals surface area contributed by atoms with Crippen molar-refractivity contribution in [3.63, 3.8) is 0 Å². The van der Waals surface area contributed by atoms with Gasteiger partial charge in [0.15, 0.2) is 0 Å². The van der Waals surface area contributed by atoms with Crippen LogP contribution in [0.1, 0.15) is 95.7 Å². The molecule has 0 radical (unpaired) electrons. The lowest BCUT2D eigenvalue weighted by molar-refractivity contribution is -0.155. The van der Waals surface area contributed by atoms with Crippen molar-refractivity contribution in [2.75, 3.05) is 71.5 Å². The third kappa shape index (κ3) is 11.5. The standard InChI is InChI=1S/C56H72F3N9O7/c1-10-46(69)66-20-16-56(59,31-66)54(73)64(8)48(33(3)4)51(70)62-44-25-35-23-37(26-38(24-35)50(57)58)36-14-15-45-40(27-36)42(29-55(6,7)32-75-53(72)43-13-12-19-68(63-43)52(44)71)49(67(45)11-2)41-28-39(65-21-17-60-18-22-65)30-61-47(41)34(5)74-9/h10,14-15,23-24,26-28,30,33-34,43-44,48,50,60,63H,1,11-13,16-22,25,29,31-32H2,2-9H3,(H,62,70)/t34-,43-,44-,48-,56+/m0/s1. The molecule has 4 aromatic rings. The number of nitrogens with zero attached hydrogens (tertiary/aromatic N) is 6. The van der Waals surface area contributed by atoms with Crippen LogP contribution in [0.4, 0.5) is 18.9 Å². The number of halogens is 3. The normalized spacial score (nSPS) is 22.2. The topological polar surface area (TPSA) is 171 Å². The van der Waals surface area contributed by atoms with Crippen LogP contribution in [-0.2, 0) is 52.8 Å². The molecule has 3 N–H and O–H groups in total. The molecule has 2 aromatic carbocycles. The molecule has 4 amide bonds. The Labute approximate surface area is 437 Å². The van der Waals surface area contributed by atoms with Crippen molar-refractivity contribution >= 4 is 46.2 Å². The zero-order valence-electron chi connectivity index (χ0n) is 44.4. The third-order valence-electron chi connectivity index (χ3n) is 15.2. The molecule has 2 aromatic heterocycles. The van der Waals surface area contributed by atoms with Gasteiger partial charge in [-0.15, -0.1) is 0 Å². The molecule has 16 nitrogen and oxygen atoms in total. The van der Waals surface area contributed by atoms with Crippen molar-refractivity contribution in [2.24, 2.45) is 11.3 Å². The Hall–Kier alpha value is -6.31. The average molecular weight is 1040 g/mol. The molecule has 0 aliphatic carbocycles. The van der Waals surface area contributed by atoms with Crippen molar-refractivity contribution in [2.45, 2.75) is 117 Å². The second kappa shape index (κ2) is 22.5. The zero-order chi connectivity index (χ0) is 54.1. The van der Waals surface area contributed by atoms with Gasteiger partial charge in [-0.25, -0.2) is 18.6 Å². The summed E-state index contributed by atoms with van der Waals surface area (Å²) in [5, 5.41) is 8.38. The summed E-state index contributed by atoms with van der Waals surface area (Å²) in [4.78, 5) is 79.5. The fourth-order valence-electron chi connectivity index (χ4n) is 11.3. The number of aromatic nitrogens is 2. The molecule has 0 saturated carbocycles. The van der Waals surface area contributed by atoms with Crippen LogP contribution in [0.15, 0.2) is 61.3 Å². The molecule has 5 atom stereocenters. The number of esters is 1. The highest BCUT2D eigenvalue weighted by Gasteiger charge is 2.50. The van der Waals surface area contributed by atoms with Gasteiger partial charge in [0, 0.05) is 100 Å². The number of benzene rings is 2. The second-order valence-electron chi connectivity index (χ2n) is 21.6. The number of likely N-dealkylation sites (tertiary alicyclic amines) is 1. The van der Waals surface area contributed by atoms with Gasteiger partial charge in [0.05, 0.1) is 42.5 Å². The predicted octanol–water partition coefficient (Wildman–Crippen LogP) is 6.70. The molecule has 6 bridgehead atoms. The fraction of sp³-hybridized carbons (Fsp3) is 0.536. The van der Waals surface area contributed by atoms with Crippen LogP contribution < -0.4 is 21.0 Å². The number of anilines is 1. The minimum Gasteiger partial charge on any atom is -0.464 e. The molecule has 404 valence electrons. The number of likely N-dealkylation sites (N-methyl/N-ethyl adjacent to an activating group) is 1. The van der Waals surface area contributed by atoms with Crippen molar-refractivity contribution in [3.05, 3.63) is 83.7 Å². The number of ether oxygens (including phenoxy) is 2. The quantitative estimate of drug-likeness (QED) is 0.102. The molecule has 3 fully saturated rings. The molecule has 75 heavy (non-hydrogen) atoms. The van der Waals surface area contributed by atoms with Crippen LogP contribution in [-0.4, -0.2) is 144 Å². The Balaban J connectivity index is 1.25. The minimum atomic E-state index is -2.91. The fourth-order valence-corrected chi connectivity index (χ4v) is 11.3. The summed E-state index contributed by atoms with van der Waals surface area (Å²) in [6.07, 6.45) is 0.277. The van der Waals surface area contributed by atoms with Gasteiger partial charge >= 0.3 is 5.97 Å². The van der Waals surface area contributed by atoms with Crippen molar-refractivity contribution in [1.29, 1.82) is 0 Å². The van der Waals surface area contributed by atoms with Crippen LogP contribution in [0.25, 0.3) is 33.3 Å². The Kier molecular flexibility index (Phi) is 16.5. The molecule has 4 aliphatic heterocycles. The Morgan fingerprint density at radius 1 is 1.04 bits per heavy atom. The molecule has 3 saturated heterocycles. The van der Waals surface area contributed by atoms with Crippen molar-refractivity contribution in [1.82, 2.24) is 40.4 Å². The van der Waals surface area contributed by atoms with E-state index in [-0.39, 0.29) is 44.2 Å². The SMILES string of the molecule is C=CC(=O)N1CC[C@](F)(C(=O)N(C)[C@H](C(=O)N[C@H]2Cc3cc(cc(C(F)F)c3)-c3ccc4c(c3)c(c(-c3cc(N5CCNCC5)cnc3[C@H](C)OC)n4CC)CC(C)(C)COC(=O)[C@@H]3CCCN(N3)C2=O)C(C)C)C1. The number of fused-ring (bicyclic) bond motifs is 6. The van der Waals surface area contributed by atoms with E-state index in [1.165, 1.54) is 29.1 Å². The number of cyclic esters (lactones) is 1. The molecule has 4 aliphatic rings. The van der Waals surface area contributed by atoms with Crippen molar-refractivity contribution in [3.8, 4) is 22.4 Å². The first-order valence-corrected chi connectivity index (χ1v) is 26.2. The number of hydrogen-bond donors (Lipinski definition) is 3. The maximum absolute atomic E-state index is 16.4. The number of aryl methyl sites for hydroxylation is 1. The lowest BCUT2D eigenvalue weighted by Crippen LogP contribution is -2.62. The van der Waals surface area contributed by atoms with Crippen LogP contribution in [0, 0.1) is 11.3 Å². The van der Waals surface area contributed by atoms with E-state index in [0.717, 1.165) is 76.3 Å². The first-order chi connectivity index (χ1) is 35.7. The van der Waals surface area contributed by atoms with Crippen LogP contribution >= 0.6 is 0 Å².